The van der Waals surface area contributed by atoms with E-state index in [0.29, 0.717) is 13.0 Å². The summed E-state index contributed by atoms with van der Waals surface area (Å²) >= 11 is 0. The van der Waals surface area contributed by atoms with Crippen LogP contribution in [0.5, 0.6) is 11.5 Å². The van der Waals surface area contributed by atoms with E-state index >= 15 is 0 Å². The van der Waals surface area contributed by atoms with Gasteiger partial charge in [0.15, 0.2) is 0 Å². The molecule has 0 saturated heterocycles. The Morgan fingerprint density at radius 1 is 1.17 bits per heavy atom. The van der Waals surface area contributed by atoms with Gasteiger partial charge in [0, 0.05) is 0 Å². The average molecular weight is 333 g/mol. The minimum absolute atomic E-state index is 0.263. The Hall–Kier alpha value is -2.05. The Bertz CT molecular complexity index is 800. The van der Waals surface area contributed by atoms with E-state index in [4.69, 9.17) is 9.47 Å². The van der Waals surface area contributed by atoms with Crippen molar-refractivity contribution in [1.82, 2.24) is 4.72 Å². The number of nitrogens with one attached hydrogen (secondary N) is 1. The SMILES string of the molecule is COc1ccc2c(c1)CC(NS(=O)(=O)c1ccc(C)cc1)CO2. The normalized spacial score (nSPS) is 17.2. The van der Waals surface area contributed by atoms with E-state index in [1.54, 1.807) is 31.4 Å². The highest BCUT2D eigenvalue weighted by atomic mass is 32.2. The zero-order valence-electron chi connectivity index (χ0n) is 13.1. The number of aryl methyl sites for hydroxylation is 1. The predicted molar refractivity (Wildman–Crippen MR) is 87.5 cm³/mol. The van der Waals surface area contributed by atoms with Crippen molar-refractivity contribution in [3.63, 3.8) is 0 Å². The van der Waals surface area contributed by atoms with Crippen LogP contribution in [-0.4, -0.2) is 28.2 Å². The highest BCUT2D eigenvalue weighted by Crippen LogP contribution is 2.29. The summed E-state index contributed by atoms with van der Waals surface area (Å²) in [5.41, 5.74) is 1.96. The molecule has 5 nitrogen and oxygen atoms in total. The molecule has 3 rings (SSSR count). The maximum Gasteiger partial charge on any atom is 0.240 e. The molecule has 0 fully saturated rings. The number of sulfonamides is 1. The summed E-state index contributed by atoms with van der Waals surface area (Å²) in [6, 6.07) is 12.0. The van der Waals surface area contributed by atoms with E-state index in [1.165, 1.54) is 0 Å². The summed E-state index contributed by atoms with van der Waals surface area (Å²) in [5.74, 6) is 1.51. The first-order valence-electron chi connectivity index (χ1n) is 7.36. The summed E-state index contributed by atoms with van der Waals surface area (Å²) in [5, 5.41) is 0. The van der Waals surface area contributed by atoms with Gasteiger partial charge in [0.05, 0.1) is 18.0 Å². The third-order valence-electron chi connectivity index (χ3n) is 3.83. The fourth-order valence-electron chi connectivity index (χ4n) is 2.58. The van der Waals surface area contributed by atoms with Gasteiger partial charge in [-0.1, -0.05) is 17.7 Å². The number of hydrogen-bond acceptors (Lipinski definition) is 4. The van der Waals surface area contributed by atoms with Crippen molar-refractivity contribution in [3.8, 4) is 11.5 Å². The molecule has 2 aromatic carbocycles. The number of benzene rings is 2. The molecule has 0 aromatic heterocycles. The Morgan fingerprint density at radius 3 is 2.61 bits per heavy atom. The Balaban J connectivity index is 1.77. The molecule has 0 aliphatic carbocycles. The Labute approximate surface area is 136 Å². The molecule has 1 unspecified atom stereocenters. The van der Waals surface area contributed by atoms with E-state index in [2.05, 4.69) is 4.72 Å². The largest absolute Gasteiger partial charge is 0.497 e. The van der Waals surface area contributed by atoms with Gasteiger partial charge in [0.1, 0.15) is 18.1 Å². The predicted octanol–water partition coefficient (Wildman–Crippen LogP) is 2.29. The van der Waals surface area contributed by atoms with Crippen LogP contribution < -0.4 is 14.2 Å². The summed E-state index contributed by atoms with van der Waals surface area (Å²) in [6.07, 6.45) is 0.567. The second kappa shape index (κ2) is 6.22. The lowest BCUT2D eigenvalue weighted by atomic mass is 10.0. The maximum atomic E-state index is 12.5. The molecule has 0 saturated carbocycles. The molecule has 0 amide bonds. The zero-order valence-corrected chi connectivity index (χ0v) is 13.9. The van der Waals surface area contributed by atoms with E-state index < -0.39 is 10.0 Å². The number of rotatable bonds is 4. The third kappa shape index (κ3) is 3.48. The molecule has 0 radical (unpaired) electrons. The van der Waals surface area contributed by atoms with Crippen LogP contribution in [0.2, 0.25) is 0 Å². The topological polar surface area (TPSA) is 64.6 Å². The van der Waals surface area contributed by atoms with Crippen LogP contribution in [0, 0.1) is 6.92 Å². The van der Waals surface area contributed by atoms with Crippen molar-refractivity contribution < 1.29 is 17.9 Å². The molecule has 1 aliphatic heterocycles. The van der Waals surface area contributed by atoms with Gasteiger partial charge >= 0.3 is 0 Å². The van der Waals surface area contributed by atoms with E-state index in [9.17, 15) is 8.42 Å². The molecule has 2 aromatic rings. The molecule has 1 aliphatic rings. The van der Waals surface area contributed by atoms with Crippen LogP contribution in [-0.2, 0) is 16.4 Å². The van der Waals surface area contributed by atoms with Crippen molar-refractivity contribution in [3.05, 3.63) is 53.6 Å². The van der Waals surface area contributed by atoms with Crippen LogP contribution in [0.1, 0.15) is 11.1 Å². The lowest BCUT2D eigenvalue weighted by molar-refractivity contribution is 0.253. The molecular weight excluding hydrogens is 314 g/mol. The van der Waals surface area contributed by atoms with Crippen molar-refractivity contribution in [2.75, 3.05) is 13.7 Å². The van der Waals surface area contributed by atoms with Crippen molar-refractivity contribution >= 4 is 10.0 Å². The molecule has 23 heavy (non-hydrogen) atoms. The summed E-state index contributed by atoms with van der Waals surface area (Å²) in [7, 11) is -1.96. The van der Waals surface area contributed by atoms with Crippen molar-refractivity contribution in [1.29, 1.82) is 0 Å². The number of fused-ring (bicyclic) bond motifs is 1. The Morgan fingerprint density at radius 2 is 1.91 bits per heavy atom. The van der Waals surface area contributed by atoms with E-state index in [1.807, 2.05) is 25.1 Å². The van der Waals surface area contributed by atoms with Gasteiger partial charge in [-0.25, -0.2) is 13.1 Å². The van der Waals surface area contributed by atoms with Crippen molar-refractivity contribution in [2.45, 2.75) is 24.3 Å². The van der Waals surface area contributed by atoms with Gasteiger partial charge < -0.3 is 9.47 Å². The molecule has 1 heterocycles. The monoisotopic (exact) mass is 333 g/mol. The molecule has 1 atom stereocenters. The van der Waals surface area contributed by atoms with Gasteiger partial charge in [0.25, 0.3) is 0 Å². The average Bonchev–Trinajstić information content (AvgIpc) is 2.54. The first kappa shape index (κ1) is 15.8. The van der Waals surface area contributed by atoms with Crippen LogP contribution >= 0.6 is 0 Å². The molecular formula is C17H19NO4S. The van der Waals surface area contributed by atoms with Gasteiger partial charge in [-0.05, 0) is 49.2 Å². The maximum absolute atomic E-state index is 12.5. The van der Waals surface area contributed by atoms with Crippen LogP contribution in [0.4, 0.5) is 0 Å². The van der Waals surface area contributed by atoms with Crippen LogP contribution in [0.25, 0.3) is 0 Å². The third-order valence-corrected chi connectivity index (χ3v) is 5.36. The molecule has 0 bridgehead atoms. The van der Waals surface area contributed by atoms with E-state index in [0.717, 1.165) is 22.6 Å². The number of methoxy groups -OCH3 is 1. The lowest BCUT2D eigenvalue weighted by Gasteiger charge is -2.26. The quantitative estimate of drug-likeness (QED) is 0.932. The Kier molecular flexibility index (Phi) is 4.28. The summed E-state index contributed by atoms with van der Waals surface area (Å²) in [6.45, 7) is 2.23. The van der Waals surface area contributed by atoms with Gasteiger partial charge in [0.2, 0.25) is 10.0 Å². The zero-order chi connectivity index (χ0) is 16.4. The van der Waals surface area contributed by atoms with E-state index in [-0.39, 0.29) is 10.9 Å². The number of ether oxygens (including phenoxy) is 2. The molecule has 6 heteroatoms. The molecule has 122 valence electrons. The minimum atomic E-state index is -3.56. The van der Waals surface area contributed by atoms with Gasteiger partial charge in [-0.2, -0.15) is 0 Å². The van der Waals surface area contributed by atoms with Crippen molar-refractivity contribution in [2.24, 2.45) is 0 Å². The fraction of sp³-hybridized carbons (Fsp3) is 0.294. The second-order valence-corrected chi connectivity index (χ2v) is 7.33. The smallest absolute Gasteiger partial charge is 0.240 e. The summed E-state index contributed by atoms with van der Waals surface area (Å²) in [4.78, 5) is 0.263. The lowest BCUT2D eigenvalue weighted by Crippen LogP contribution is -2.42. The molecule has 1 N–H and O–H groups in total. The fourth-order valence-corrected chi connectivity index (χ4v) is 3.80. The van der Waals surface area contributed by atoms with Crippen LogP contribution in [0.3, 0.4) is 0 Å². The highest BCUT2D eigenvalue weighted by Gasteiger charge is 2.25. The van der Waals surface area contributed by atoms with Gasteiger partial charge in [-0.3, -0.25) is 0 Å². The summed E-state index contributed by atoms with van der Waals surface area (Å²) < 4.78 is 38.5. The minimum Gasteiger partial charge on any atom is -0.497 e. The second-order valence-electron chi connectivity index (χ2n) is 5.62. The van der Waals surface area contributed by atoms with Gasteiger partial charge in [-0.15, -0.1) is 0 Å². The first-order chi connectivity index (χ1) is 11.0. The first-order valence-corrected chi connectivity index (χ1v) is 8.85. The highest BCUT2D eigenvalue weighted by molar-refractivity contribution is 7.89. The van der Waals surface area contributed by atoms with Crippen LogP contribution in [0.15, 0.2) is 47.4 Å². The standard InChI is InChI=1S/C17H19NO4S/c1-12-3-6-16(7-4-12)23(19,20)18-14-9-13-10-15(21-2)5-8-17(13)22-11-14/h3-8,10,14,18H,9,11H2,1-2H3. The molecule has 0 spiro atoms. The number of hydrogen-bond donors (Lipinski definition) is 1.